The van der Waals surface area contributed by atoms with E-state index in [4.69, 9.17) is 5.26 Å². The number of aryl methyl sites for hydroxylation is 1. The Balaban J connectivity index is 2.02. The molecule has 2 aromatic heterocycles. The number of thiazole rings is 1. The van der Waals surface area contributed by atoms with Crippen molar-refractivity contribution in [3.63, 3.8) is 0 Å². The average Bonchev–Trinajstić information content (AvgIpc) is 3.01. The lowest BCUT2D eigenvalue weighted by atomic mass is 10.2. The van der Waals surface area contributed by atoms with Crippen molar-refractivity contribution < 1.29 is 4.79 Å². The molecule has 0 radical (unpaired) electrons. The molecule has 0 aliphatic heterocycles. The molecule has 0 bridgehead atoms. The van der Waals surface area contributed by atoms with Crippen molar-refractivity contribution in [3.05, 3.63) is 70.5 Å². The minimum Gasteiger partial charge on any atom is -0.312 e. The molecule has 0 saturated heterocycles. The van der Waals surface area contributed by atoms with Crippen molar-refractivity contribution in [2.75, 3.05) is 4.90 Å². The predicted octanol–water partition coefficient (Wildman–Crippen LogP) is 3.87. The lowest BCUT2D eigenvalue weighted by Gasteiger charge is -2.21. The number of carbonyl (C=O) groups is 1. The third kappa shape index (κ3) is 3.31. The number of aromatic nitrogens is 2. The summed E-state index contributed by atoms with van der Waals surface area (Å²) in [6.45, 7) is 2.47. The van der Waals surface area contributed by atoms with Gasteiger partial charge in [0.1, 0.15) is 17.5 Å². The monoisotopic (exact) mass is 334 g/mol. The van der Waals surface area contributed by atoms with E-state index in [0.29, 0.717) is 17.9 Å². The average molecular weight is 334 g/mol. The maximum atomic E-state index is 11.1. The maximum Gasteiger partial charge on any atom is 0.191 e. The van der Waals surface area contributed by atoms with Crippen LogP contribution < -0.4 is 4.90 Å². The Kier molecular flexibility index (Phi) is 4.64. The first-order chi connectivity index (χ1) is 11.7. The van der Waals surface area contributed by atoms with Crippen molar-refractivity contribution in [2.24, 2.45) is 0 Å². The van der Waals surface area contributed by atoms with E-state index in [2.05, 4.69) is 9.97 Å². The number of anilines is 2. The zero-order valence-electron chi connectivity index (χ0n) is 13.0. The van der Waals surface area contributed by atoms with E-state index in [0.717, 1.165) is 27.5 Å². The first kappa shape index (κ1) is 15.8. The molecular formula is C18H14N4OS. The van der Waals surface area contributed by atoms with Crippen molar-refractivity contribution in [1.29, 1.82) is 5.26 Å². The summed E-state index contributed by atoms with van der Waals surface area (Å²) in [4.78, 5) is 22.6. The van der Waals surface area contributed by atoms with Crippen LogP contribution in [0.5, 0.6) is 0 Å². The van der Waals surface area contributed by atoms with Crippen molar-refractivity contribution in [1.82, 2.24) is 9.97 Å². The number of carbonyl (C=O) groups excluding carboxylic acids is 1. The number of hydrogen-bond acceptors (Lipinski definition) is 6. The van der Waals surface area contributed by atoms with E-state index in [-0.39, 0.29) is 0 Å². The molecule has 0 amide bonds. The summed E-state index contributed by atoms with van der Waals surface area (Å²) in [6.07, 6.45) is 2.42. The van der Waals surface area contributed by atoms with Gasteiger partial charge in [-0.15, -0.1) is 11.3 Å². The Bertz CT molecular complexity index is 882. The topological polar surface area (TPSA) is 69.9 Å². The Hall–Kier alpha value is -3.04. The van der Waals surface area contributed by atoms with Gasteiger partial charge in [-0.05, 0) is 24.6 Å². The van der Waals surface area contributed by atoms with Gasteiger partial charge in [-0.1, -0.05) is 30.3 Å². The van der Waals surface area contributed by atoms with Gasteiger partial charge in [-0.3, -0.25) is 4.79 Å². The first-order valence-electron chi connectivity index (χ1n) is 7.31. The second-order valence-corrected chi connectivity index (χ2v) is 6.32. The fraction of sp³-hybridized carbons (Fsp3) is 0.111. The van der Waals surface area contributed by atoms with Crippen LogP contribution in [0.1, 0.15) is 26.6 Å². The van der Waals surface area contributed by atoms with Crippen LogP contribution in [0.2, 0.25) is 0 Å². The molecule has 0 spiro atoms. The van der Waals surface area contributed by atoms with Crippen LogP contribution in [0.25, 0.3) is 0 Å². The van der Waals surface area contributed by atoms with Crippen LogP contribution in [0, 0.1) is 18.3 Å². The number of nitriles is 1. The van der Waals surface area contributed by atoms with Crippen molar-refractivity contribution in [3.8, 4) is 6.07 Å². The molecular weight excluding hydrogens is 320 g/mol. The molecule has 0 atom stereocenters. The summed E-state index contributed by atoms with van der Waals surface area (Å²) in [7, 11) is 0. The Morgan fingerprint density at radius 2 is 2.04 bits per heavy atom. The van der Waals surface area contributed by atoms with E-state index < -0.39 is 0 Å². The lowest BCUT2D eigenvalue weighted by molar-refractivity contribution is 0.111. The minimum atomic E-state index is 0.363. The van der Waals surface area contributed by atoms with E-state index in [1.54, 1.807) is 12.3 Å². The highest BCUT2D eigenvalue weighted by Gasteiger charge is 2.17. The van der Waals surface area contributed by atoms with Crippen LogP contribution in [-0.2, 0) is 6.54 Å². The summed E-state index contributed by atoms with van der Waals surface area (Å²) in [5.74, 6) is 0. The zero-order valence-corrected chi connectivity index (χ0v) is 13.8. The summed E-state index contributed by atoms with van der Waals surface area (Å²) >= 11 is 1.46. The molecule has 0 aliphatic carbocycles. The standard InChI is InChI=1S/C18H14N4OS/c1-13-17(12-23)21-18(24-13)22(11-14-5-3-2-4-6-14)16-8-7-15(9-19)20-10-16/h2-8,10,12H,11H2,1H3. The number of rotatable bonds is 5. The van der Waals surface area contributed by atoms with E-state index in [9.17, 15) is 4.79 Å². The van der Waals surface area contributed by atoms with Crippen LogP contribution in [-0.4, -0.2) is 16.3 Å². The molecule has 3 rings (SSSR count). The van der Waals surface area contributed by atoms with Gasteiger partial charge in [0.05, 0.1) is 18.4 Å². The number of pyridine rings is 1. The zero-order chi connectivity index (χ0) is 16.9. The number of hydrogen-bond donors (Lipinski definition) is 0. The second-order valence-electron chi connectivity index (χ2n) is 5.14. The van der Waals surface area contributed by atoms with E-state index in [1.165, 1.54) is 11.3 Å². The Labute approximate surface area is 143 Å². The minimum absolute atomic E-state index is 0.363. The molecule has 6 heteroatoms. The van der Waals surface area contributed by atoms with Crippen molar-refractivity contribution in [2.45, 2.75) is 13.5 Å². The summed E-state index contributed by atoms with van der Waals surface area (Å²) in [5, 5.41) is 9.64. The summed E-state index contributed by atoms with van der Waals surface area (Å²) in [6, 6.07) is 15.5. The highest BCUT2D eigenvalue weighted by atomic mass is 32.1. The van der Waals surface area contributed by atoms with Gasteiger partial charge in [0, 0.05) is 4.88 Å². The maximum absolute atomic E-state index is 11.1. The van der Waals surface area contributed by atoms with Gasteiger partial charge >= 0.3 is 0 Å². The van der Waals surface area contributed by atoms with Gasteiger partial charge in [-0.2, -0.15) is 5.26 Å². The highest BCUT2D eigenvalue weighted by molar-refractivity contribution is 7.15. The van der Waals surface area contributed by atoms with Gasteiger partial charge in [0.25, 0.3) is 0 Å². The van der Waals surface area contributed by atoms with Crippen LogP contribution in [0.4, 0.5) is 10.8 Å². The molecule has 0 fully saturated rings. The third-order valence-corrected chi connectivity index (χ3v) is 4.53. The smallest absolute Gasteiger partial charge is 0.191 e. The summed E-state index contributed by atoms with van der Waals surface area (Å²) < 4.78 is 0. The fourth-order valence-electron chi connectivity index (χ4n) is 2.27. The van der Waals surface area contributed by atoms with Crippen LogP contribution in [0.15, 0.2) is 48.7 Å². The Morgan fingerprint density at radius 1 is 1.25 bits per heavy atom. The van der Waals surface area contributed by atoms with Crippen LogP contribution in [0.3, 0.4) is 0 Å². The van der Waals surface area contributed by atoms with Crippen LogP contribution >= 0.6 is 11.3 Å². The normalized spacial score (nSPS) is 10.2. The van der Waals surface area contributed by atoms with E-state index in [1.807, 2.05) is 54.3 Å². The number of benzene rings is 1. The van der Waals surface area contributed by atoms with Gasteiger partial charge in [0.2, 0.25) is 0 Å². The number of nitrogens with zero attached hydrogens (tertiary/aromatic N) is 4. The van der Waals surface area contributed by atoms with Gasteiger partial charge in [0.15, 0.2) is 11.4 Å². The largest absolute Gasteiger partial charge is 0.312 e. The molecule has 0 saturated carbocycles. The molecule has 0 N–H and O–H groups in total. The first-order valence-corrected chi connectivity index (χ1v) is 8.13. The molecule has 5 nitrogen and oxygen atoms in total. The highest BCUT2D eigenvalue weighted by Crippen LogP contribution is 2.32. The van der Waals surface area contributed by atoms with Crippen molar-refractivity contribution >= 4 is 28.4 Å². The molecule has 0 unspecified atom stereocenters. The van der Waals surface area contributed by atoms with E-state index >= 15 is 0 Å². The quantitative estimate of drug-likeness (QED) is 0.662. The molecule has 2 heterocycles. The van der Waals surface area contributed by atoms with Gasteiger partial charge in [-0.25, -0.2) is 9.97 Å². The van der Waals surface area contributed by atoms with Gasteiger partial charge < -0.3 is 4.90 Å². The third-order valence-electron chi connectivity index (χ3n) is 3.52. The predicted molar refractivity (Wildman–Crippen MR) is 93.5 cm³/mol. The molecule has 1 aromatic carbocycles. The SMILES string of the molecule is Cc1sc(N(Cc2ccccc2)c2ccc(C#N)nc2)nc1C=O. The second kappa shape index (κ2) is 7.02. The molecule has 118 valence electrons. The lowest BCUT2D eigenvalue weighted by Crippen LogP contribution is -2.16. The summed E-state index contributed by atoms with van der Waals surface area (Å²) in [5.41, 5.74) is 2.75. The fourth-order valence-corrected chi connectivity index (χ4v) is 3.16. The molecule has 3 aromatic rings. The number of aldehydes is 1. The Morgan fingerprint density at radius 3 is 2.62 bits per heavy atom. The molecule has 0 aliphatic rings. The molecule has 24 heavy (non-hydrogen) atoms.